The minimum Gasteiger partial charge on any atom is -0.353 e. The smallest absolute Gasteiger partial charge is 0.251 e. The number of carbonyl (C=O) groups is 2. The Hall–Kier alpha value is -1.36. The van der Waals surface area contributed by atoms with Crippen LogP contribution in [0.4, 0.5) is 0 Å². The van der Waals surface area contributed by atoms with E-state index < -0.39 is 0 Å². The minimum absolute atomic E-state index is 0.0865. The van der Waals surface area contributed by atoms with Gasteiger partial charge >= 0.3 is 0 Å². The first-order valence-electron chi connectivity index (χ1n) is 6.91. The molecule has 4 nitrogen and oxygen atoms in total. The summed E-state index contributed by atoms with van der Waals surface area (Å²) in [6.45, 7) is 0.525. The van der Waals surface area contributed by atoms with E-state index in [1.54, 1.807) is 0 Å². The van der Waals surface area contributed by atoms with Crippen molar-refractivity contribution in [2.24, 2.45) is 0 Å². The molecule has 108 valence electrons. The van der Waals surface area contributed by atoms with E-state index in [9.17, 15) is 9.59 Å². The first kappa shape index (κ1) is 15.0. The lowest BCUT2D eigenvalue weighted by Gasteiger charge is -2.06. The molecule has 1 saturated carbocycles. The number of carbonyl (C=O) groups excluding carboxylic acids is 2. The number of amides is 2. The van der Waals surface area contributed by atoms with E-state index in [1.807, 2.05) is 24.3 Å². The molecule has 0 bridgehead atoms. The maximum atomic E-state index is 11.9. The molecular weight excluding hydrogens is 320 g/mol. The Labute approximate surface area is 127 Å². The highest BCUT2D eigenvalue weighted by molar-refractivity contribution is 9.08. The van der Waals surface area contributed by atoms with Crippen LogP contribution in [0.25, 0.3) is 0 Å². The summed E-state index contributed by atoms with van der Waals surface area (Å²) in [5.41, 5.74) is 1.79. The first-order valence-corrected chi connectivity index (χ1v) is 8.03. The molecule has 0 aromatic heterocycles. The maximum absolute atomic E-state index is 11.9. The molecule has 1 aromatic rings. The number of hydrogen-bond donors (Lipinski definition) is 2. The van der Waals surface area contributed by atoms with Gasteiger partial charge in [-0.15, -0.1) is 0 Å². The molecule has 0 spiro atoms. The zero-order valence-electron chi connectivity index (χ0n) is 11.3. The summed E-state index contributed by atoms with van der Waals surface area (Å²) in [6, 6.07) is 7.88. The number of alkyl halides is 1. The van der Waals surface area contributed by atoms with Crippen molar-refractivity contribution in [3.05, 3.63) is 35.4 Å². The Morgan fingerprint density at radius 1 is 1.20 bits per heavy atom. The Morgan fingerprint density at radius 3 is 2.50 bits per heavy atom. The zero-order valence-corrected chi connectivity index (χ0v) is 12.9. The van der Waals surface area contributed by atoms with Crippen molar-refractivity contribution < 1.29 is 9.59 Å². The third-order valence-corrected chi connectivity index (χ3v) is 3.83. The summed E-state index contributed by atoms with van der Waals surface area (Å²) in [7, 11) is 0. The van der Waals surface area contributed by atoms with E-state index in [-0.39, 0.29) is 11.8 Å². The number of halogens is 1. The molecule has 2 amide bonds. The Kier molecular flexibility index (Phi) is 5.59. The van der Waals surface area contributed by atoms with Gasteiger partial charge in [0.05, 0.1) is 0 Å². The van der Waals surface area contributed by atoms with Gasteiger partial charge in [-0.05, 0) is 37.0 Å². The number of benzene rings is 1. The lowest BCUT2D eigenvalue weighted by atomic mass is 10.1. The first-order chi connectivity index (χ1) is 9.69. The third kappa shape index (κ3) is 4.96. The quantitative estimate of drug-likeness (QED) is 0.592. The fourth-order valence-electron chi connectivity index (χ4n) is 1.83. The number of rotatable bonds is 7. The van der Waals surface area contributed by atoms with Crippen LogP contribution in [-0.4, -0.2) is 24.4 Å². The van der Waals surface area contributed by atoms with E-state index in [0.29, 0.717) is 31.0 Å². The Morgan fingerprint density at radius 2 is 1.90 bits per heavy atom. The predicted octanol–water partition coefficient (Wildman–Crippen LogP) is 2.37. The zero-order chi connectivity index (χ0) is 14.4. The van der Waals surface area contributed by atoms with Crippen LogP contribution in [0, 0.1) is 0 Å². The maximum Gasteiger partial charge on any atom is 0.251 e. The van der Waals surface area contributed by atoms with Crippen molar-refractivity contribution in [1.29, 1.82) is 0 Å². The lowest BCUT2D eigenvalue weighted by Crippen LogP contribution is -2.28. The van der Waals surface area contributed by atoms with Crippen molar-refractivity contribution in [2.45, 2.75) is 37.1 Å². The van der Waals surface area contributed by atoms with Gasteiger partial charge in [-0.3, -0.25) is 9.59 Å². The van der Waals surface area contributed by atoms with E-state index in [2.05, 4.69) is 26.6 Å². The van der Waals surface area contributed by atoms with Crippen LogP contribution in [0.15, 0.2) is 24.3 Å². The van der Waals surface area contributed by atoms with Crippen LogP contribution in [-0.2, 0) is 10.1 Å². The van der Waals surface area contributed by atoms with Crippen molar-refractivity contribution in [3.63, 3.8) is 0 Å². The Balaban J connectivity index is 1.64. The predicted molar refractivity (Wildman–Crippen MR) is 81.8 cm³/mol. The Bertz CT molecular complexity index is 469. The lowest BCUT2D eigenvalue weighted by molar-refractivity contribution is -0.121. The molecule has 0 atom stereocenters. The van der Waals surface area contributed by atoms with Crippen LogP contribution in [0.3, 0.4) is 0 Å². The summed E-state index contributed by atoms with van der Waals surface area (Å²) in [4.78, 5) is 23.3. The van der Waals surface area contributed by atoms with E-state index in [4.69, 9.17) is 0 Å². The van der Waals surface area contributed by atoms with Gasteiger partial charge in [0.15, 0.2) is 0 Å². The van der Waals surface area contributed by atoms with Gasteiger partial charge in [0.25, 0.3) is 5.91 Å². The molecule has 2 N–H and O–H groups in total. The number of nitrogens with one attached hydrogen (secondary N) is 2. The fraction of sp³-hybridized carbons (Fsp3) is 0.467. The average Bonchev–Trinajstić information content (AvgIpc) is 3.27. The third-order valence-electron chi connectivity index (χ3n) is 3.18. The molecule has 0 radical (unpaired) electrons. The van der Waals surface area contributed by atoms with Crippen molar-refractivity contribution >= 4 is 27.7 Å². The van der Waals surface area contributed by atoms with Gasteiger partial charge in [-0.25, -0.2) is 0 Å². The largest absolute Gasteiger partial charge is 0.353 e. The summed E-state index contributed by atoms with van der Waals surface area (Å²) >= 11 is 3.37. The summed E-state index contributed by atoms with van der Waals surface area (Å²) < 4.78 is 0. The molecule has 0 heterocycles. The van der Waals surface area contributed by atoms with Crippen molar-refractivity contribution in [2.75, 3.05) is 6.54 Å². The van der Waals surface area contributed by atoms with Gasteiger partial charge in [0.1, 0.15) is 0 Å². The molecule has 5 heteroatoms. The SMILES string of the molecule is O=C(CCCNC(=O)c1ccc(CBr)cc1)NC1CC1. The molecule has 20 heavy (non-hydrogen) atoms. The topological polar surface area (TPSA) is 58.2 Å². The van der Waals surface area contributed by atoms with Crippen molar-refractivity contribution in [1.82, 2.24) is 10.6 Å². The van der Waals surface area contributed by atoms with E-state index in [1.165, 1.54) is 0 Å². The van der Waals surface area contributed by atoms with Crippen LogP contribution in [0.1, 0.15) is 41.6 Å². The molecule has 2 rings (SSSR count). The second-order valence-corrected chi connectivity index (χ2v) is 5.59. The van der Waals surface area contributed by atoms with Crippen LogP contribution in [0.5, 0.6) is 0 Å². The van der Waals surface area contributed by atoms with Crippen LogP contribution in [0.2, 0.25) is 0 Å². The fourth-order valence-corrected chi connectivity index (χ4v) is 2.20. The summed E-state index contributed by atoms with van der Waals surface area (Å²) in [6.07, 6.45) is 3.35. The van der Waals surface area contributed by atoms with E-state index in [0.717, 1.165) is 23.7 Å². The highest BCUT2D eigenvalue weighted by atomic mass is 79.9. The molecule has 0 unspecified atom stereocenters. The highest BCUT2D eigenvalue weighted by Crippen LogP contribution is 2.18. The standard InChI is InChI=1S/C15H19BrN2O2/c16-10-11-3-5-12(6-4-11)15(20)17-9-1-2-14(19)18-13-7-8-13/h3-6,13H,1-2,7-10H2,(H,17,20)(H,18,19). The average molecular weight is 339 g/mol. The monoisotopic (exact) mass is 338 g/mol. The molecule has 1 aliphatic carbocycles. The van der Waals surface area contributed by atoms with E-state index >= 15 is 0 Å². The van der Waals surface area contributed by atoms with Gasteiger partial charge < -0.3 is 10.6 Å². The minimum atomic E-state index is -0.0891. The van der Waals surface area contributed by atoms with Crippen molar-refractivity contribution in [3.8, 4) is 0 Å². The second-order valence-electron chi connectivity index (χ2n) is 5.03. The van der Waals surface area contributed by atoms with Crippen LogP contribution < -0.4 is 10.6 Å². The van der Waals surface area contributed by atoms with Crippen LogP contribution >= 0.6 is 15.9 Å². The molecule has 1 aromatic carbocycles. The van der Waals surface area contributed by atoms with Gasteiger partial charge in [-0.2, -0.15) is 0 Å². The summed E-state index contributed by atoms with van der Waals surface area (Å²) in [5, 5.41) is 6.54. The molecule has 1 aliphatic rings. The van der Waals surface area contributed by atoms with Gasteiger partial charge in [0.2, 0.25) is 5.91 Å². The van der Waals surface area contributed by atoms with Gasteiger partial charge in [0, 0.05) is 29.9 Å². The molecule has 0 saturated heterocycles. The van der Waals surface area contributed by atoms with Gasteiger partial charge in [-0.1, -0.05) is 28.1 Å². The highest BCUT2D eigenvalue weighted by Gasteiger charge is 2.22. The normalized spacial score (nSPS) is 13.8. The molecule has 1 fully saturated rings. The number of hydrogen-bond acceptors (Lipinski definition) is 2. The second kappa shape index (κ2) is 7.43. The molecular formula is C15H19BrN2O2. The summed E-state index contributed by atoms with van der Waals surface area (Å²) in [5.74, 6) is -0.00264. The molecule has 0 aliphatic heterocycles.